The fraction of sp³-hybridized carbons (Fsp3) is 0.556. The molecule has 1 rings (SSSR count). The number of nitrogens with two attached hydrogens (primary N) is 3. The highest BCUT2D eigenvalue weighted by atomic mass is 16.5. The number of hydrogen-bond acceptors (Lipinski definition) is 2. The van der Waals surface area contributed by atoms with E-state index in [-0.39, 0.29) is 11.9 Å². The maximum absolute atomic E-state index is 5.73. The zero-order chi connectivity index (χ0) is 17.6. The summed E-state index contributed by atoms with van der Waals surface area (Å²) in [4.78, 5) is 7.75. The fourth-order valence-corrected chi connectivity index (χ4v) is 2.33. The van der Waals surface area contributed by atoms with Gasteiger partial charge in [0.1, 0.15) is 5.75 Å². The summed E-state index contributed by atoms with van der Waals surface area (Å²) in [5.74, 6) is 0.751. The van der Waals surface area contributed by atoms with Crippen LogP contribution in [0.5, 0.6) is 5.75 Å². The first-order chi connectivity index (χ1) is 11.6. The molecule has 6 N–H and O–H groups in total. The third-order valence-corrected chi connectivity index (χ3v) is 3.59. The number of aliphatic imine (C=N–C) groups is 2. The van der Waals surface area contributed by atoms with Crippen molar-refractivity contribution in [2.75, 3.05) is 6.61 Å². The molecule has 0 amide bonds. The zero-order valence-corrected chi connectivity index (χ0v) is 14.7. The second-order valence-electron chi connectivity index (χ2n) is 5.82. The van der Waals surface area contributed by atoms with E-state index in [0.29, 0.717) is 5.69 Å². The highest BCUT2D eigenvalue weighted by Gasteiger charge is 1.97. The van der Waals surface area contributed by atoms with Crippen molar-refractivity contribution >= 4 is 17.6 Å². The van der Waals surface area contributed by atoms with Gasteiger partial charge in [-0.05, 0) is 30.7 Å². The third-order valence-electron chi connectivity index (χ3n) is 3.59. The molecule has 6 nitrogen and oxygen atoms in total. The van der Waals surface area contributed by atoms with Gasteiger partial charge in [0.15, 0.2) is 5.96 Å². The maximum Gasteiger partial charge on any atom is 0.223 e. The molecule has 0 unspecified atom stereocenters. The summed E-state index contributed by atoms with van der Waals surface area (Å²) in [6.45, 7) is 2.99. The standard InChI is InChI=1S/C18H31N5O/c1-2-3-4-5-6-7-8-9-14-24-16-12-10-15(11-13-16)22-18(21)23-17(19)20/h10-13H,2-9,14H2,1H3,(H6,19,20,21,22,23). The summed E-state index contributed by atoms with van der Waals surface area (Å²) in [6.07, 6.45) is 10.3. The van der Waals surface area contributed by atoms with Crippen molar-refractivity contribution in [2.24, 2.45) is 27.2 Å². The molecular weight excluding hydrogens is 302 g/mol. The van der Waals surface area contributed by atoms with E-state index in [0.717, 1.165) is 18.8 Å². The summed E-state index contributed by atoms with van der Waals surface area (Å²) < 4.78 is 5.73. The van der Waals surface area contributed by atoms with Gasteiger partial charge in [-0.2, -0.15) is 4.99 Å². The first kappa shape index (κ1) is 19.8. The Bertz CT molecular complexity index is 507. The highest BCUT2D eigenvalue weighted by molar-refractivity contribution is 5.93. The molecule has 24 heavy (non-hydrogen) atoms. The summed E-state index contributed by atoms with van der Waals surface area (Å²) in [6, 6.07) is 7.37. The van der Waals surface area contributed by atoms with Crippen LogP contribution in [0.2, 0.25) is 0 Å². The van der Waals surface area contributed by atoms with Crippen LogP contribution in [0.25, 0.3) is 0 Å². The SMILES string of the molecule is CCCCCCCCCCOc1ccc(N=C(N)N=C(N)N)cc1. The Morgan fingerprint density at radius 1 is 0.875 bits per heavy atom. The minimum Gasteiger partial charge on any atom is -0.494 e. The monoisotopic (exact) mass is 333 g/mol. The van der Waals surface area contributed by atoms with Gasteiger partial charge in [-0.3, -0.25) is 0 Å². The molecule has 6 heteroatoms. The van der Waals surface area contributed by atoms with Crippen LogP contribution in [-0.4, -0.2) is 18.5 Å². The first-order valence-electron chi connectivity index (χ1n) is 8.78. The molecule has 0 atom stereocenters. The Labute approximate surface area is 145 Å². The molecule has 1 aromatic rings. The Kier molecular flexibility index (Phi) is 10.1. The van der Waals surface area contributed by atoms with Crippen LogP contribution in [-0.2, 0) is 0 Å². The van der Waals surface area contributed by atoms with Crippen LogP contribution in [0.15, 0.2) is 34.3 Å². The topological polar surface area (TPSA) is 112 Å². The first-order valence-corrected chi connectivity index (χ1v) is 8.78. The number of ether oxygens (including phenoxy) is 1. The minimum atomic E-state index is -0.110. The molecule has 0 aliphatic carbocycles. The molecule has 0 saturated heterocycles. The van der Waals surface area contributed by atoms with Crippen molar-refractivity contribution in [1.82, 2.24) is 0 Å². The van der Waals surface area contributed by atoms with E-state index >= 15 is 0 Å². The van der Waals surface area contributed by atoms with Crippen molar-refractivity contribution in [2.45, 2.75) is 58.3 Å². The van der Waals surface area contributed by atoms with Crippen LogP contribution >= 0.6 is 0 Å². The molecule has 1 aromatic carbocycles. The molecule has 0 radical (unpaired) electrons. The predicted octanol–water partition coefficient (Wildman–Crippen LogP) is 3.43. The van der Waals surface area contributed by atoms with Crippen LogP contribution in [0.1, 0.15) is 58.3 Å². The number of unbranched alkanes of at least 4 members (excludes halogenated alkanes) is 7. The van der Waals surface area contributed by atoms with Crippen molar-refractivity contribution in [1.29, 1.82) is 0 Å². The smallest absolute Gasteiger partial charge is 0.223 e. The molecule has 0 aromatic heterocycles. The summed E-state index contributed by atoms with van der Waals surface area (Å²) in [5.41, 5.74) is 16.7. The normalized spacial score (nSPS) is 11.3. The zero-order valence-electron chi connectivity index (χ0n) is 14.7. The average Bonchev–Trinajstić information content (AvgIpc) is 2.54. The molecule has 0 aliphatic heterocycles. The van der Waals surface area contributed by atoms with Crippen LogP contribution in [0, 0.1) is 0 Å². The van der Waals surface area contributed by atoms with Crippen LogP contribution in [0.4, 0.5) is 5.69 Å². The lowest BCUT2D eigenvalue weighted by molar-refractivity contribution is 0.304. The number of guanidine groups is 2. The summed E-state index contributed by atoms with van der Waals surface area (Å²) in [7, 11) is 0. The Hall–Kier alpha value is -2.24. The van der Waals surface area contributed by atoms with E-state index in [1.807, 2.05) is 24.3 Å². The van der Waals surface area contributed by atoms with Crippen LogP contribution < -0.4 is 21.9 Å². The van der Waals surface area contributed by atoms with Crippen molar-refractivity contribution < 1.29 is 4.74 Å². The van der Waals surface area contributed by atoms with Gasteiger partial charge in [-0.1, -0.05) is 51.9 Å². The van der Waals surface area contributed by atoms with Gasteiger partial charge in [0.05, 0.1) is 12.3 Å². The van der Waals surface area contributed by atoms with E-state index in [1.165, 1.54) is 44.9 Å². The fourth-order valence-electron chi connectivity index (χ4n) is 2.33. The third kappa shape index (κ3) is 9.71. The molecule has 0 spiro atoms. The van der Waals surface area contributed by atoms with Gasteiger partial charge < -0.3 is 21.9 Å². The Balaban J connectivity index is 2.20. The maximum atomic E-state index is 5.73. The highest BCUT2D eigenvalue weighted by Crippen LogP contribution is 2.18. The molecule has 0 fully saturated rings. The van der Waals surface area contributed by atoms with Crippen molar-refractivity contribution in [3.8, 4) is 5.75 Å². The summed E-state index contributed by atoms with van der Waals surface area (Å²) in [5, 5.41) is 0. The van der Waals surface area contributed by atoms with Gasteiger partial charge in [0.2, 0.25) is 5.96 Å². The number of hydrogen-bond donors (Lipinski definition) is 3. The number of nitrogens with zero attached hydrogens (tertiary/aromatic N) is 2. The Morgan fingerprint density at radius 2 is 1.46 bits per heavy atom. The minimum absolute atomic E-state index is 0.0302. The molecular formula is C18H31N5O. The molecule has 0 bridgehead atoms. The van der Waals surface area contributed by atoms with Crippen LogP contribution in [0.3, 0.4) is 0 Å². The van der Waals surface area contributed by atoms with E-state index in [4.69, 9.17) is 21.9 Å². The van der Waals surface area contributed by atoms with Gasteiger partial charge in [-0.15, -0.1) is 0 Å². The van der Waals surface area contributed by atoms with E-state index in [9.17, 15) is 0 Å². The Morgan fingerprint density at radius 3 is 2.04 bits per heavy atom. The predicted molar refractivity (Wildman–Crippen MR) is 102 cm³/mol. The molecule has 0 saturated carbocycles. The molecule has 0 aliphatic rings. The molecule has 0 heterocycles. The van der Waals surface area contributed by atoms with Gasteiger partial charge in [0.25, 0.3) is 0 Å². The largest absolute Gasteiger partial charge is 0.494 e. The average molecular weight is 333 g/mol. The number of rotatable bonds is 11. The van der Waals surface area contributed by atoms with E-state index in [2.05, 4.69) is 16.9 Å². The van der Waals surface area contributed by atoms with Gasteiger partial charge >= 0.3 is 0 Å². The van der Waals surface area contributed by atoms with Crippen molar-refractivity contribution in [3.05, 3.63) is 24.3 Å². The second kappa shape index (κ2) is 12.2. The second-order valence-corrected chi connectivity index (χ2v) is 5.82. The van der Waals surface area contributed by atoms with Crippen molar-refractivity contribution in [3.63, 3.8) is 0 Å². The lowest BCUT2D eigenvalue weighted by Crippen LogP contribution is -2.26. The summed E-state index contributed by atoms with van der Waals surface area (Å²) >= 11 is 0. The van der Waals surface area contributed by atoms with Gasteiger partial charge in [-0.25, -0.2) is 4.99 Å². The van der Waals surface area contributed by atoms with Gasteiger partial charge in [0, 0.05) is 0 Å². The molecule has 134 valence electrons. The number of benzene rings is 1. The lowest BCUT2D eigenvalue weighted by Gasteiger charge is -2.06. The van der Waals surface area contributed by atoms with E-state index in [1.54, 1.807) is 0 Å². The quantitative estimate of drug-likeness (QED) is 0.327. The van der Waals surface area contributed by atoms with E-state index < -0.39 is 0 Å². The lowest BCUT2D eigenvalue weighted by atomic mass is 10.1.